The van der Waals surface area contributed by atoms with E-state index in [0.29, 0.717) is 19.0 Å². The number of hydrogen-bond acceptors (Lipinski definition) is 3. The SMILES string of the molecule is CCN1N=C(C(C)C)C(CCCN)C1=O. The fourth-order valence-electron chi connectivity index (χ4n) is 1.90. The highest BCUT2D eigenvalue weighted by Gasteiger charge is 2.35. The van der Waals surface area contributed by atoms with Crippen LogP contribution in [-0.2, 0) is 4.79 Å². The van der Waals surface area contributed by atoms with Crippen molar-refractivity contribution in [1.29, 1.82) is 0 Å². The lowest BCUT2D eigenvalue weighted by molar-refractivity contribution is -0.131. The van der Waals surface area contributed by atoms with E-state index in [9.17, 15) is 4.79 Å². The predicted molar refractivity (Wildman–Crippen MR) is 61.4 cm³/mol. The average Bonchev–Trinajstić information content (AvgIpc) is 2.52. The first-order valence-corrected chi connectivity index (χ1v) is 5.71. The zero-order valence-corrected chi connectivity index (χ0v) is 9.86. The maximum absolute atomic E-state index is 11.9. The minimum atomic E-state index is -0.0199. The summed E-state index contributed by atoms with van der Waals surface area (Å²) < 4.78 is 0. The van der Waals surface area contributed by atoms with Gasteiger partial charge in [-0.05, 0) is 32.2 Å². The molecule has 15 heavy (non-hydrogen) atoms. The van der Waals surface area contributed by atoms with Crippen molar-refractivity contribution in [1.82, 2.24) is 5.01 Å². The molecule has 0 saturated heterocycles. The largest absolute Gasteiger partial charge is 0.330 e. The van der Waals surface area contributed by atoms with Gasteiger partial charge >= 0.3 is 0 Å². The van der Waals surface area contributed by atoms with E-state index < -0.39 is 0 Å². The molecule has 1 aliphatic heterocycles. The van der Waals surface area contributed by atoms with Gasteiger partial charge in [-0.1, -0.05) is 13.8 Å². The Hall–Kier alpha value is -0.900. The molecular formula is C11H21N3O. The Bertz CT molecular complexity index is 261. The second-order valence-corrected chi connectivity index (χ2v) is 4.22. The van der Waals surface area contributed by atoms with Crippen molar-refractivity contribution in [2.75, 3.05) is 13.1 Å². The molecule has 0 radical (unpaired) electrons. The van der Waals surface area contributed by atoms with Crippen molar-refractivity contribution >= 4 is 11.6 Å². The summed E-state index contributed by atoms with van der Waals surface area (Å²) in [6.45, 7) is 7.42. The molecule has 1 atom stereocenters. The zero-order valence-electron chi connectivity index (χ0n) is 9.86. The summed E-state index contributed by atoms with van der Waals surface area (Å²) in [5.41, 5.74) is 6.50. The van der Waals surface area contributed by atoms with Crippen LogP contribution in [0.3, 0.4) is 0 Å². The Morgan fingerprint density at radius 1 is 1.53 bits per heavy atom. The smallest absolute Gasteiger partial charge is 0.251 e. The number of hydrazone groups is 1. The van der Waals surface area contributed by atoms with E-state index in [1.807, 2.05) is 6.92 Å². The topological polar surface area (TPSA) is 58.7 Å². The molecule has 1 rings (SSSR count). The fraction of sp³-hybridized carbons (Fsp3) is 0.818. The monoisotopic (exact) mass is 211 g/mol. The van der Waals surface area contributed by atoms with Crippen LogP contribution < -0.4 is 5.73 Å². The van der Waals surface area contributed by atoms with Crippen molar-refractivity contribution in [2.45, 2.75) is 33.6 Å². The normalized spacial score (nSPS) is 21.4. The van der Waals surface area contributed by atoms with Crippen molar-refractivity contribution < 1.29 is 4.79 Å². The van der Waals surface area contributed by atoms with Crippen LogP contribution in [0.2, 0.25) is 0 Å². The van der Waals surface area contributed by atoms with Gasteiger partial charge in [0.25, 0.3) is 5.91 Å². The number of amides is 1. The second-order valence-electron chi connectivity index (χ2n) is 4.22. The molecule has 0 spiro atoms. The minimum Gasteiger partial charge on any atom is -0.330 e. The molecular weight excluding hydrogens is 190 g/mol. The summed E-state index contributed by atoms with van der Waals surface area (Å²) in [6.07, 6.45) is 1.72. The van der Waals surface area contributed by atoms with Gasteiger partial charge in [0, 0.05) is 6.54 Å². The van der Waals surface area contributed by atoms with Crippen LogP contribution in [-0.4, -0.2) is 29.7 Å². The number of nitrogens with two attached hydrogens (primary N) is 1. The van der Waals surface area contributed by atoms with E-state index in [1.165, 1.54) is 0 Å². The molecule has 0 aliphatic carbocycles. The van der Waals surface area contributed by atoms with Crippen LogP contribution in [0, 0.1) is 11.8 Å². The van der Waals surface area contributed by atoms with Crippen LogP contribution in [0.5, 0.6) is 0 Å². The summed E-state index contributed by atoms with van der Waals surface area (Å²) in [5.74, 6) is 0.469. The third kappa shape index (κ3) is 2.56. The van der Waals surface area contributed by atoms with Gasteiger partial charge in [-0.25, -0.2) is 5.01 Å². The van der Waals surface area contributed by atoms with Gasteiger partial charge in [0.05, 0.1) is 11.6 Å². The highest BCUT2D eigenvalue weighted by molar-refractivity contribution is 6.08. The van der Waals surface area contributed by atoms with Crippen LogP contribution in [0.25, 0.3) is 0 Å². The third-order valence-corrected chi connectivity index (χ3v) is 2.73. The predicted octanol–water partition coefficient (Wildman–Crippen LogP) is 1.22. The van der Waals surface area contributed by atoms with Crippen LogP contribution in [0.1, 0.15) is 33.6 Å². The lowest BCUT2D eigenvalue weighted by Crippen LogP contribution is -2.29. The van der Waals surface area contributed by atoms with E-state index >= 15 is 0 Å². The molecule has 0 aromatic carbocycles. The minimum absolute atomic E-state index is 0.0199. The van der Waals surface area contributed by atoms with Crippen molar-refractivity contribution in [3.8, 4) is 0 Å². The quantitative estimate of drug-likeness (QED) is 0.743. The van der Waals surface area contributed by atoms with Gasteiger partial charge in [0.15, 0.2) is 0 Å². The number of carbonyl (C=O) groups excluding carboxylic acids is 1. The molecule has 0 aromatic rings. The standard InChI is InChI=1S/C11H21N3O/c1-4-14-11(15)9(6-5-7-12)10(13-14)8(2)3/h8-9H,4-7,12H2,1-3H3. The van der Waals surface area contributed by atoms with Gasteiger partial charge in [-0.3, -0.25) is 4.79 Å². The molecule has 0 fully saturated rings. The van der Waals surface area contributed by atoms with Crippen molar-refractivity contribution in [3.05, 3.63) is 0 Å². The Balaban J connectivity index is 2.75. The number of rotatable bonds is 5. The van der Waals surface area contributed by atoms with Crippen molar-refractivity contribution in [3.63, 3.8) is 0 Å². The van der Waals surface area contributed by atoms with Crippen LogP contribution in [0.4, 0.5) is 0 Å². The average molecular weight is 211 g/mol. The molecule has 2 N–H and O–H groups in total. The number of nitrogens with zero attached hydrogens (tertiary/aromatic N) is 2. The molecule has 4 nitrogen and oxygen atoms in total. The molecule has 0 saturated carbocycles. The lowest BCUT2D eigenvalue weighted by atomic mass is 9.90. The summed E-state index contributed by atoms with van der Waals surface area (Å²) in [6, 6.07) is 0. The maximum Gasteiger partial charge on any atom is 0.251 e. The molecule has 1 aliphatic rings. The van der Waals surface area contributed by atoms with Crippen LogP contribution >= 0.6 is 0 Å². The number of hydrogen-bond donors (Lipinski definition) is 1. The maximum atomic E-state index is 11.9. The highest BCUT2D eigenvalue weighted by atomic mass is 16.2. The molecule has 0 aromatic heterocycles. The summed E-state index contributed by atoms with van der Waals surface area (Å²) in [4.78, 5) is 11.9. The van der Waals surface area contributed by atoms with Crippen molar-refractivity contribution in [2.24, 2.45) is 22.7 Å². The summed E-state index contributed by atoms with van der Waals surface area (Å²) >= 11 is 0. The zero-order chi connectivity index (χ0) is 11.4. The number of carbonyl (C=O) groups is 1. The Labute approximate surface area is 91.5 Å². The molecule has 4 heteroatoms. The first kappa shape index (κ1) is 12.2. The van der Waals surface area contributed by atoms with Gasteiger partial charge in [0.2, 0.25) is 0 Å². The van der Waals surface area contributed by atoms with E-state index in [0.717, 1.165) is 18.6 Å². The molecule has 1 unspecified atom stereocenters. The lowest BCUT2D eigenvalue weighted by Gasteiger charge is -2.13. The Morgan fingerprint density at radius 2 is 2.20 bits per heavy atom. The van der Waals surface area contributed by atoms with E-state index in [-0.39, 0.29) is 11.8 Å². The van der Waals surface area contributed by atoms with Gasteiger partial charge in [0.1, 0.15) is 0 Å². The van der Waals surface area contributed by atoms with E-state index in [4.69, 9.17) is 5.73 Å². The van der Waals surface area contributed by atoms with Crippen LogP contribution in [0.15, 0.2) is 5.10 Å². The Kier molecular flexibility index (Phi) is 4.27. The highest BCUT2D eigenvalue weighted by Crippen LogP contribution is 2.24. The van der Waals surface area contributed by atoms with E-state index in [2.05, 4.69) is 18.9 Å². The first-order chi connectivity index (χ1) is 7.11. The third-order valence-electron chi connectivity index (χ3n) is 2.73. The fourth-order valence-corrected chi connectivity index (χ4v) is 1.90. The van der Waals surface area contributed by atoms with Gasteiger partial charge in [-0.15, -0.1) is 0 Å². The Morgan fingerprint density at radius 3 is 2.67 bits per heavy atom. The molecule has 0 bridgehead atoms. The summed E-state index contributed by atoms with van der Waals surface area (Å²) in [5, 5.41) is 5.96. The molecule has 1 heterocycles. The first-order valence-electron chi connectivity index (χ1n) is 5.71. The summed E-state index contributed by atoms with van der Waals surface area (Å²) in [7, 11) is 0. The van der Waals surface area contributed by atoms with Gasteiger partial charge in [-0.2, -0.15) is 5.10 Å². The second kappa shape index (κ2) is 5.26. The van der Waals surface area contributed by atoms with E-state index in [1.54, 1.807) is 5.01 Å². The van der Waals surface area contributed by atoms with Gasteiger partial charge < -0.3 is 5.73 Å². The molecule has 86 valence electrons. The molecule has 1 amide bonds.